The Morgan fingerprint density at radius 2 is 1.68 bits per heavy atom. The number of hydrogen-bond donors (Lipinski definition) is 2. The van der Waals surface area contributed by atoms with Gasteiger partial charge in [0.1, 0.15) is 17.4 Å². The SMILES string of the molecule is O=C1CCC(N2C(=O)c3ccc(N4CCC(N5CCC(n6cc7cc(NC(=O)c8cnn9cccnc89)c(OCC8CC8)cc7n6)CC5)CC4)cc3C2=O)C(=O)N1. The van der Waals surface area contributed by atoms with E-state index in [4.69, 9.17) is 9.84 Å². The average molecular weight is 771 g/mol. The summed E-state index contributed by atoms with van der Waals surface area (Å²) in [7, 11) is 0. The molecule has 5 aromatic rings. The largest absolute Gasteiger partial charge is 0.491 e. The topological polar surface area (TPSA) is 176 Å². The van der Waals surface area contributed by atoms with Crippen LogP contribution < -0.4 is 20.3 Å². The number of nitrogens with zero attached hydrogens (tertiary/aromatic N) is 8. The summed E-state index contributed by atoms with van der Waals surface area (Å²) in [6, 6.07) is 10.7. The number of benzene rings is 2. The van der Waals surface area contributed by atoms with Gasteiger partial charge in [0.05, 0.1) is 41.2 Å². The number of carbonyl (C=O) groups is 5. The molecule has 0 bridgehead atoms. The monoisotopic (exact) mass is 770 g/mol. The molecule has 3 aromatic heterocycles. The summed E-state index contributed by atoms with van der Waals surface area (Å²) >= 11 is 0. The van der Waals surface area contributed by atoms with E-state index >= 15 is 0 Å². The number of ether oxygens (including phenoxy) is 1. The number of likely N-dealkylation sites (tertiary alicyclic amines) is 1. The Balaban J connectivity index is 0.772. The van der Waals surface area contributed by atoms with E-state index in [1.165, 1.54) is 6.20 Å². The maximum absolute atomic E-state index is 13.4. The van der Waals surface area contributed by atoms with Gasteiger partial charge in [-0.05, 0) is 81.2 Å². The quantitative estimate of drug-likeness (QED) is 0.209. The van der Waals surface area contributed by atoms with E-state index in [2.05, 4.69) is 41.4 Å². The molecule has 0 spiro atoms. The van der Waals surface area contributed by atoms with Crippen LogP contribution in [0.3, 0.4) is 0 Å². The van der Waals surface area contributed by atoms with Gasteiger partial charge < -0.3 is 19.9 Å². The first kappa shape index (κ1) is 35.3. The minimum atomic E-state index is -0.976. The molecule has 5 amide bonds. The van der Waals surface area contributed by atoms with E-state index in [9.17, 15) is 24.0 Å². The van der Waals surface area contributed by atoms with Crippen molar-refractivity contribution in [2.24, 2.45) is 5.92 Å². The number of rotatable bonds is 9. The molecule has 10 rings (SSSR count). The van der Waals surface area contributed by atoms with Crippen LogP contribution in [-0.4, -0.2) is 109 Å². The highest BCUT2D eigenvalue weighted by Crippen LogP contribution is 2.37. The molecule has 1 atom stereocenters. The number of amides is 5. The van der Waals surface area contributed by atoms with Gasteiger partial charge in [-0.3, -0.25) is 38.9 Å². The number of nitrogens with one attached hydrogen (secondary N) is 2. The summed E-state index contributed by atoms with van der Waals surface area (Å²) in [6.45, 7) is 4.17. The minimum absolute atomic E-state index is 0.0903. The Morgan fingerprint density at radius 3 is 2.47 bits per heavy atom. The Hall–Kier alpha value is -6.16. The van der Waals surface area contributed by atoms with Crippen molar-refractivity contribution in [1.82, 2.24) is 39.5 Å². The predicted octanol–water partition coefficient (Wildman–Crippen LogP) is 3.83. The Kier molecular flexibility index (Phi) is 8.72. The first-order chi connectivity index (χ1) is 27.8. The molecule has 1 unspecified atom stereocenters. The lowest BCUT2D eigenvalue weighted by Crippen LogP contribution is -2.54. The predicted molar refractivity (Wildman–Crippen MR) is 207 cm³/mol. The molecule has 4 fully saturated rings. The van der Waals surface area contributed by atoms with E-state index in [1.807, 2.05) is 18.2 Å². The smallest absolute Gasteiger partial charge is 0.262 e. The van der Waals surface area contributed by atoms with Gasteiger partial charge in [0.2, 0.25) is 11.8 Å². The van der Waals surface area contributed by atoms with Gasteiger partial charge in [-0.2, -0.15) is 10.2 Å². The number of piperidine rings is 3. The summed E-state index contributed by atoms with van der Waals surface area (Å²) < 4.78 is 9.90. The van der Waals surface area contributed by atoms with Crippen LogP contribution >= 0.6 is 0 Å². The van der Waals surface area contributed by atoms with Crippen LogP contribution in [0.1, 0.15) is 88.5 Å². The van der Waals surface area contributed by atoms with Gasteiger partial charge in [-0.15, -0.1) is 0 Å². The van der Waals surface area contributed by atoms with Gasteiger partial charge >= 0.3 is 0 Å². The fourth-order valence-electron chi connectivity index (χ4n) is 8.81. The van der Waals surface area contributed by atoms with Crippen LogP contribution in [-0.2, 0) is 9.59 Å². The highest BCUT2D eigenvalue weighted by atomic mass is 16.5. The maximum Gasteiger partial charge on any atom is 0.262 e. The number of hydrogen-bond acceptors (Lipinski definition) is 11. The molecule has 4 aliphatic heterocycles. The van der Waals surface area contributed by atoms with Crippen molar-refractivity contribution in [3.05, 3.63) is 77.9 Å². The molecule has 7 heterocycles. The van der Waals surface area contributed by atoms with Crippen LogP contribution in [0.5, 0.6) is 5.75 Å². The lowest BCUT2D eigenvalue weighted by Gasteiger charge is -2.42. The van der Waals surface area contributed by atoms with Crippen LogP contribution in [0, 0.1) is 5.92 Å². The number of aromatic nitrogens is 5. The lowest BCUT2D eigenvalue weighted by atomic mass is 9.97. The fourth-order valence-corrected chi connectivity index (χ4v) is 8.81. The lowest BCUT2D eigenvalue weighted by molar-refractivity contribution is -0.136. The first-order valence-corrected chi connectivity index (χ1v) is 19.9. The molecule has 16 heteroatoms. The maximum atomic E-state index is 13.4. The van der Waals surface area contributed by atoms with E-state index in [0.717, 1.165) is 86.2 Å². The molecule has 5 aliphatic rings. The summed E-state index contributed by atoms with van der Waals surface area (Å²) in [6.07, 6.45) is 13.4. The second-order valence-corrected chi connectivity index (χ2v) is 15.8. The number of anilines is 2. The fraction of sp³-hybridized carbons (Fsp3) is 0.415. The molecular weight excluding hydrogens is 729 g/mol. The van der Waals surface area contributed by atoms with Gasteiger partial charge in [-0.25, -0.2) is 9.50 Å². The van der Waals surface area contributed by atoms with Crippen molar-refractivity contribution < 1.29 is 28.7 Å². The Labute approximate surface area is 327 Å². The van der Waals surface area contributed by atoms with Crippen molar-refractivity contribution in [3.8, 4) is 5.75 Å². The summed E-state index contributed by atoms with van der Waals surface area (Å²) in [5.74, 6) is -1.13. The van der Waals surface area contributed by atoms with E-state index in [-0.39, 0.29) is 24.8 Å². The molecule has 2 aromatic carbocycles. The highest BCUT2D eigenvalue weighted by Gasteiger charge is 2.45. The first-order valence-electron chi connectivity index (χ1n) is 19.9. The second kappa shape index (κ2) is 14.1. The molecule has 1 aliphatic carbocycles. The zero-order valence-electron chi connectivity index (χ0n) is 31.3. The number of imide groups is 2. The summed E-state index contributed by atoms with van der Waals surface area (Å²) in [5.41, 5.74) is 3.78. The highest BCUT2D eigenvalue weighted by molar-refractivity contribution is 6.23. The molecule has 2 N–H and O–H groups in total. The van der Waals surface area contributed by atoms with E-state index < -0.39 is 29.7 Å². The Bertz CT molecular complexity index is 2460. The average Bonchev–Trinajstić information content (AvgIpc) is 3.72. The summed E-state index contributed by atoms with van der Waals surface area (Å²) in [5, 5.41) is 15.5. The van der Waals surface area contributed by atoms with Crippen molar-refractivity contribution in [3.63, 3.8) is 0 Å². The van der Waals surface area contributed by atoms with Crippen molar-refractivity contribution in [1.29, 1.82) is 0 Å². The molecule has 1 saturated carbocycles. The normalized spacial score (nSPS) is 21.1. The van der Waals surface area contributed by atoms with Crippen LogP contribution in [0.2, 0.25) is 0 Å². The zero-order chi connectivity index (χ0) is 38.8. The van der Waals surface area contributed by atoms with Gasteiger partial charge in [0, 0.05) is 74.4 Å². The van der Waals surface area contributed by atoms with Crippen LogP contribution in [0.25, 0.3) is 16.6 Å². The standard InChI is InChI=1S/C41H42N10O6/c52-36-7-6-34(39(54)45-36)51-40(55)29-5-4-28(19-30(29)41(51)56)48-14-8-26(9-15-48)47-16-10-27(11-17-47)50-22-25-18-33(35(20-32(25)46-50)57-23-24-2-3-24)44-38(53)31-21-43-49-13-1-12-42-37(31)49/h1,4-5,12-13,18-22,24,26-27,34H,2-3,6-11,14-17,23H2,(H,44,53)(H,45,52,54). The van der Waals surface area contributed by atoms with Crippen LogP contribution in [0.15, 0.2) is 61.2 Å². The third-order valence-corrected chi connectivity index (χ3v) is 12.2. The minimum Gasteiger partial charge on any atom is -0.491 e. The third kappa shape index (κ3) is 6.56. The van der Waals surface area contributed by atoms with E-state index in [1.54, 1.807) is 35.1 Å². The van der Waals surface area contributed by atoms with Gasteiger partial charge in [0.15, 0.2) is 5.65 Å². The van der Waals surface area contributed by atoms with Gasteiger partial charge in [-0.1, -0.05) is 0 Å². The third-order valence-electron chi connectivity index (χ3n) is 12.2. The number of carbonyl (C=O) groups excluding carboxylic acids is 5. The number of fused-ring (bicyclic) bond motifs is 3. The van der Waals surface area contributed by atoms with E-state index in [0.29, 0.717) is 52.3 Å². The summed E-state index contributed by atoms with van der Waals surface area (Å²) in [4.78, 5) is 74.3. The molecule has 0 radical (unpaired) electrons. The molecule has 3 saturated heterocycles. The molecular formula is C41H42N10O6. The van der Waals surface area contributed by atoms with Gasteiger partial charge in [0.25, 0.3) is 17.7 Å². The Morgan fingerprint density at radius 1 is 0.895 bits per heavy atom. The second-order valence-electron chi connectivity index (χ2n) is 15.8. The zero-order valence-corrected chi connectivity index (χ0v) is 31.3. The molecule has 57 heavy (non-hydrogen) atoms. The van der Waals surface area contributed by atoms with Crippen molar-refractivity contribution >= 4 is 57.5 Å². The van der Waals surface area contributed by atoms with Crippen LogP contribution in [0.4, 0.5) is 11.4 Å². The van der Waals surface area contributed by atoms with Crippen molar-refractivity contribution in [2.75, 3.05) is 43.0 Å². The molecule has 292 valence electrons. The molecule has 16 nitrogen and oxygen atoms in total. The van der Waals surface area contributed by atoms with Crippen molar-refractivity contribution in [2.45, 2.75) is 69.5 Å².